The topological polar surface area (TPSA) is 24.4 Å². The lowest BCUT2D eigenvalue weighted by Crippen LogP contribution is -2.25. The average Bonchev–Trinajstić information content (AvgIpc) is 2.29. The summed E-state index contributed by atoms with van der Waals surface area (Å²) in [5.41, 5.74) is 0.924. The Balaban J connectivity index is 2.11. The van der Waals surface area contributed by atoms with Crippen molar-refractivity contribution < 1.29 is 0 Å². The van der Waals surface area contributed by atoms with Gasteiger partial charge < -0.3 is 5.32 Å². The number of rotatable bonds is 1. The second kappa shape index (κ2) is 5.51. The highest BCUT2D eigenvalue weighted by Crippen LogP contribution is 2.27. The van der Waals surface area contributed by atoms with Crippen LogP contribution in [0, 0.1) is 5.92 Å². The van der Waals surface area contributed by atoms with E-state index in [1.54, 1.807) is 17.8 Å². The first-order valence-corrected chi connectivity index (χ1v) is 7.23. The van der Waals surface area contributed by atoms with Crippen molar-refractivity contribution >= 4 is 45.8 Å². The summed E-state index contributed by atoms with van der Waals surface area (Å²) in [6.45, 7) is 4.36. The minimum Gasteiger partial charge on any atom is -0.335 e. The molecule has 1 aliphatic rings. The van der Waals surface area contributed by atoms with Crippen LogP contribution in [-0.4, -0.2) is 17.0 Å². The van der Waals surface area contributed by atoms with Crippen molar-refractivity contribution in [1.82, 2.24) is 0 Å². The smallest absolute Gasteiger partial charge is 0.161 e. The van der Waals surface area contributed by atoms with Gasteiger partial charge in [0.15, 0.2) is 5.17 Å². The van der Waals surface area contributed by atoms with Gasteiger partial charge in [-0.05, 0) is 31.0 Å². The number of hydrogen-bond acceptors (Lipinski definition) is 3. The molecule has 0 radical (unpaired) electrons. The fourth-order valence-electron chi connectivity index (χ4n) is 1.46. The molecule has 0 amide bonds. The molecule has 0 bridgehead atoms. The third kappa shape index (κ3) is 3.30. The Morgan fingerprint density at radius 1 is 1.29 bits per heavy atom. The van der Waals surface area contributed by atoms with E-state index in [9.17, 15) is 0 Å². The molecule has 92 valence electrons. The van der Waals surface area contributed by atoms with Crippen molar-refractivity contribution in [3.8, 4) is 0 Å². The van der Waals surface area contributed by atoms with Gasteiger partial charge in [-0.15, -0.1) is 0 Å². The molecule has 1 N–H and O–H groups in total. The third-order valence-electron chi connectivity index (χ3n) is 2.80. The van der Waals surface area contributed by atoms with Gasteiger partial charge in [0.2, 0.25) is 0 Å². The summed E-state index contributed by atoms with van der Waals surface area (Å²) in [7, 11) is 0. The van der Waals surface area contributed by atoms with Crippen LogP contribution in [0.25, 0.3) is 0 Å². The molecule has 1 aliphatic heterocycles. The lowest BCUT2D eigenvalue weighted by atomic mass is 10.1. The number of nitrogens with zero attached hydrogens (tertiary/aromatic N) is 1. The van der Waals surface area contributed by atoms with Crippen LogP contribution >= 0.6 is 35.0 Å². The van der Waals surface area contributed by atoms with Crippen molar-refractivity contribution in [3.63, 3.8) is 0 Å². The van der Waals surface area contributed by atoms with Crippen LogP contribution in [0.3, 0.4) is 0 Å². The van der Waals surface area contributed by atoms with Crippen molar-refractivity contribution in [1.29, 1.82) is 0 Å². The highest BCUT2D eigenvalue weighted by Gasteiger charge is 2.19. The number of benzene rings is 1. The first-order chi connectivity index (χ1) is 8.06. The Hall–Kier alpha value is -0.380. The van der Waals surface area contributed by atoms with Gasteiger partial charge in [0.05, 0.1) is 16.1 Å². The van der Waals surface area contributed by atoms with Gasteiger partial charge >= 0.3 is 0 Å². The molecule has 1 aromatic carbocycles. The van der Waals surface area contributed by atoms with Crippen molar-refractivity contribution in [2.75, 3.05) is 11.1 Å². The third-order valence-corrected chi connectivity index (χ3v) is 4.71. The molecule has 2 unspecified atom stereocenters. The monoisotopic (exact) mass is 288 g/mol. The van der Waals surface area contributed by atoms with Gasteiger partial charge in [-0.3, -0.25) is 4.99 Å². The maximum atomic E-state index is 5.96. The molecule has 1 heterocycles. The largest absolute Gasteiger partial charge is 0.335 e. The fraction of sp³-hybridized carbons (Fsp3) is 0.417. The highest BCUT2D eigenvalue weighted by molar-refractivity contribution is 8.14. The number of amidine groups is 1. The van der Waals surface area contributed by atoms with E-state index in [4.69, 9.17) is 23.2 Å². The molecule has 2 nitrogen and oxygen atoms in total. The van der Waals surface area contributed by atoms with Crippen molar-refractivity contribution in [2.45, 2.75) is 19.9 Å². The predicted octanol–water partition coefficient (Wildman–Crippen LogP) is 4.53. The average molecular weight is 289 g/mol. The molecule has 0 aromatic heterocycles. The van der Waals surface area contributed by atoms with Gasteiger partial charge in [0.1, 0.15) is 0 Å². The number of halogens is 2. The number of nitrogens with one attached hydrogen (secondary N) is 1. The molecule has 5 heteroatoms. The van der Waals surface area contributed by atoms with Crippen molar-refractivity contribution in [3.05, 3.63) is 28.2 Å². The molecule has 0 saturated heterocycles. The number of anilines is 1. The lowest BCUT2D eigenvalue weighted by molar-refractivity contribution is 0.537. The maximum absolute atomic E-state index is 5.96. The summed E-state index contributed by atoms with van der Waals surface area (Å²) in [6.07, 6.45) is 0. The Labute approximate surface area is 116 Å². The number of aliphatic imine (C=N–C) groups is 1. The first kappa shape index (κ1) is 13.1. The summed E-state index contributed by atoms with van der Waals surface area (Å²) >= 11 is 13.6. The van der Waals surface area contributed by atoms with Crippen LogP contribution < -0.4 is 5.32 Å². The molecule has 1 aromatic rings. The van der Waals surface area contributed by atoms with Gasteiger partial charge in [-0.25, -0.2) is 0 Å². The molecular formula is C12H14Cl2N2S. The van der Waals surface area contributed by atoms with E-state index in [2.05, 4.69) is 24.2 Å². The second-order valence-electron chi connectivity index (χ2n) is 4.22. The lowest BCUT2D eigenvalue weighted by Gasteiger charge is -2.23. The zero-order valence-corrected chi connectivity index (χ0v) is 12.0. The van der Waals surface area contributed by atoms with Crippen LogP contribution in [0.15, 0.2) is 23.2 Å². The van der Waals surface area contributed by atoms with Gasteiger partial charge in [-0.1, -0.05) is 41.9 Å². The molecule has 2 atom stereocenters. The Kier molecular flexibility index (Phi) is 4.23. The van der Waals surface area contributed by atoms with Crippen LogP contribution in [-0.2, 0) is 0 Å². The minimum absolute atomic E-state index is 0.363. The zero-order valence-electron chi connectivity index (χ0n) is 9.71. The van der Waals surface area contributed by atoms with E-state index >= 15 is 0 Å². The quantitative estimate of drug-likeness (QED) is 0.821. The zero-order chi connectivity index (χ0) is 12.4. The Morgan fingerprint density at radius 3 is 2.71 bits per heavy atom. The van der Waals surface area contributed by atoms with Crippen LogP contribution in [0.1, 0.15) is 13.8 Å². The summed E-state index contributed by atoms with van der Waals surface area (Å²) in [5, 5.41) is 5.34. The molecule has 0 fully saturated rings. The normalized spacial score (nSPS) is 24.4. The molecular weight excluding hydrogens is 275 g/mol. The van der Waals surface area contributed by atoms with E-state index in [1.807, 2.05) is 12.1 Å². The van der Waals surface area contributed by atoms with Gasteiger partial charge in [-0.2, -0.15) is 0 Å². The minimum atomic E-state index is 0.363. The number of hydrogen-bond donors (Lipinski definition) is 1. The standard InChI is InChI=1S/C12H14Cl2N2S/c1-7-6-17-12(15-8(7)2)16-9-3-4-10(13)11(14)5-9/h3-5,7-8H,6H2,1-2H3,(H,15,16). The van der Waals surface area contributed by atoms with E-state index in [0.29, 0.717) is 22.0 Å². The second-order valence-corrected chi connectivity index (χ2v) is 6.04. The Bertz CT molecular complexity index is 448. The molecule has 0 spiro atoms. The summed E-state index contributed by atoms with van der Waals surface area (Å²) in [4.78, 5) is 4.60. The summed E-state index contributed by atoms with van der Waals surface area (Å²) in [5.74, 6) is 1.72. The van der Waals surface area contributed by atoms with Gasteiger partial charge in [0.25, 0.3) is 0 Å². The first-order valence-electron chi connectivity index (χ1n) is 5.49. The van der Waals surface area contributed by atoms with E-state index in [0.717, 1.165) is 16.6 Å². The predicted molar refractivity (Wildman–Crippen MR) is 78.6 cm³/mol. The Morgan fingerprint density at radius 2 is 2.06 bits per heavy atom. The van der Waals surface area contributed by atoms with Crippen LogP contribution in [0.2, 0.25) is 10.0 Å². The molecule has 0 saturated carbocycles. The van der Waals surface area contributed by atoms with Gasteiger partial charge in [0, 0.05) is 11.4 Å². The van der Waals surface area contributed by atoms with E-state index < -0.39 is 0 Å². The summed E-state index contributed by atoms with van der Waals surface area (Å²) < 4.78 is 0. The van der Waals surface area contributed by atoms with E-state index in [1.165, 1.54) is 0 Å². The molecule has 2 rings (SSSR count). The maximum Gasteiger partial charge on any atom is 0.161 e. The van der Waals surface area contributed by atoms with Crippen molar-refractivity contribution in [2.24, 2.45) is 10.9 Å². The fourth-order valence-corrected chi connectivity index (χ4v) is 2.89. The molecule has 17 heavy (non-hydrogen) atoms. The van der Waals surface area contributed by atoms with Crippen LogP contribution in [0.4, 0.5) is 5.69 Å². The van der Waals surface area contributed by atoms with Crippen LogP contribution in [0.5, 0.6) is 0 Å². The van der Waals surface area contributed by atoms with E-state index in [-0.39, 0.29) is 0 Å². The number of thioether (sulfide) groups is 1. The highest BCUT2D eigenvalue weighted by atomic mass is 35.5. The molecule has 0 aliphatic carbocycles. The SMILES string of the molecule is CC1CSC(Nc2ccc(Cl)c(Cl)c2)=NC1C. The summed E-state index contributed by atoms with van der Waals surface area (Å²) in [6, 6.07) is 5.86.